The molecule has 4 rings (SSSR count). The van der Waals surface area contributed by atoms with Gasteiger partial charge < -0.3 is 15.1 Å². The van der Waals surface area contributed by atoms with E-state index in [1.807, 2.05) is 61.5 Å². The molecule has 3 amide bonds. The van der Waals surface area contributed by atoms with Crippen molar-refractivity contribution in [3.05, 3.63) is 90.0 Å². The second-order valence-electron chi connectivity index (χ2n) is 8.85. The standard InChI is InChI=1S/C28H28N4O4/c1-19(27(35)29-21-13-15-22(16-14-21)30(2)3)31(17-20-9-5-4-6-10-20)25(33)18-32-24-12-8-7-11-23(24)26(34)28(32)36/h4-16,19H,17-18H2,1-3H3,(H,29,35). The average Bonchev–Trinajstić information content (AvgIpc) is 3.12. The average molecular weight is 485 g/mol. The summed E-state index contributed by atoms with van der Waals surface area (Å²) >= 11 is 0. The van der Waals surface area contributed by atoms with Gasteiger partial charge >= 0.3 is 0 Å². The summed E-state index contributed by atoms with van der Waals surface area (Å²) in [4.78, 5) is 56.3. The quantitative estimate of drug-likeness (QED) is 0.496. The Morgan fingerprint density at radius 2 is 1.53 bits per heavy atom. The van der Waals surface area contributed by atoms with Crippen LogP contribution in [0.3, 0.4) is 0 Å². The van der Waals surface area contributed by atoms with Gasteiger partial charge in [0.05, 0.1) is 11.3 Å². The fourth-order valence-corrected chi connectivity index (χ4v) is 4.08. The smallest absolute Gasteiger partial charge is 0.299 e. The third-order valence-corrected chi connectivity index (χ3v) is 6.19. The van der Waals surface area contributed by atoms with Crippen molar-refractivity contribution in [2.45, 2.75) is 19.5 Å². The number of rotatable bonds is 8. The van der Waals surface area contributed by atoms with E-state index in [9.17, 15) is 19.2 Å². The number of anilines is 3. The van der Waals surface area contributed by atoms with Gasteiger partial charge in [-0.2, -0.15) is 0 Å². The number of hydrogen-bond donors (Lipinski definition) is 1. The molecule has 0 saturated carbocycles. The van der Waals surface area contributed by atoms with Crippen LogP contribution in [0, 0.1) is 0 Å². The number of nitrogens with one attached hydrogen (secondary N) is 1. The van der Waals surface area contributed by atoms with Gasteiger partial charge in [0.1, 0.15) is 12.6 Å². The fourth-order valence-electron chi connectivity index (χ4n) is 4.08. The first kappa shape index (κ1) is 24.7. The Hall–Kier alpha value is -4.46. The normalized spacial score (nSPS) is 13.2. The zero-order valence-corrected chi connectivity index (χ0v) is 20.5. The van der Waals surface area contributed by atoms with Crippen LogP contribution < -0.4 is 15.1 Å². The lowest BCUT2D eigenvalue weighted by Gasteiger charge is -2.30. The molecule has 0 saturated heterocycles. The highest BCUT2D eigenvalue weighted by atomic mass is 16.2. The molecule has 36 heavy (non-hydrogen) atoms. The Labute approximate surface area is 210 Å². The second kappa shape index (κ2) is 10.4. The summed E-state index contributed by atoms with van der Waals surface area (Å²) in [6.45, 7) is 1.48. The Kier molecular flexibility index (Phi) is 7.15. The van der Waals surface area contributed by atoms with E-state index in [1.54, 1.807) is 43.3 Å². The van der Waals surface area contributed by atoms with Crippen molar-refractivity contribution >= 4 is 40.6 Å². The maximum absolute atomic E-state index is 13.5. The predicted molar refractivity (Wildman–Crippen MR) is 139 cm³/mol. The van der Waals surface area contributed by atoms with Crippen molar-refractivity contribution in [2.75, 3.05) is 35.8 Å². The largest absolute Gasteiger partial charge is 0.378 e. The van der Waals surface area contributed by atoms with Crippen molar-refractivity contribution in [1.82, 2.24) is 4.90 Å². The molecule has 0 radical (unpaired) electrons. The van der Waals surface area contributed by atoms with E-state index in [4.69, 9.17) is 0 Å². The van der Waals surface area contributed by atoms with Crippen LogP contribution in [-0.4, -0.2) is 55.1 Å². The van der Waals surface area contributed by atoms with Gasteiger partial charge in [-0.1, -0.05) is 42.5 Å². The summed E-state index contributed by atoms with van der Waals surface area (Å²) in [5, 5.41) is 2.87. The van der Waals surface area contributed by atoms with Crippen molar-refractivity contribution in [2.24, 2.45) is 0 Å². The number of carbonyl (C=O) groups excluding carboxylic acids is 4. The third-order valence-electron chi connectivity index (χ3n) is 6.19. The van der Waals surface area contributed by atoms with Crippen LogP contribution in [0.1, 0.15) is 22.8 Å². The maximum Gasteiger partial charge on any atom is 0.299 e. The SMILES string of the molecule is CC(C(=O)Nc1ccc(N(C)C)cc1)N(Cc1ccccc1)C(=O)CN1C(=O)C(=O)c2ccccc21. The van der Waals surface area contributed by atoms with E-state index < -0.39 is 23.6 Å². The van der Waals surface area contributed by atoms with Gasteiger partial charge in [-0.25, -0.2) is 0 Å². The molecule has 0 bridgehead atoms. The predicted octanol–water partition coefficient (Wildman–Crippen LogP) is 3.34. The topological polar surface area (TPSA) is 90.0 Å². The summed E-state index contributed by atoms with van der Waals surface area (Å²) in [5.74, 6) is -2.19. The molecule has 1 aliphatic heterocycles. The Balaban J connectivity index is 1.55. The Bertz CT molecular complexity index is 1290. The lowest BCUT2D eigenvalue weighted by molar-refractivity contribution is -0.138. The molecule has 1 heterocycles. The number of para-hydroxylation sites is 1. The highest BCUT2D eigenvalue weighted by Crippen LogP contribution is 2.28. The summed E-state index contributed by atoms with van der Waals surface area (Å²) < 4.78 is 0. The Morgan fingerprint density at radius 1 is 0.889 bits per heavy atom. The zero-order chi connectivity index (χ0) is 25.8. The molecule has 3 aromatic carbocycles. The highest BCUT2D eigenvalue weighted by Gasteiger charge is 2.38. The lowest BCUT2D eigenvalue weighted by atomic mass is 10.1. The van der Waals surface area contributed by atoms with E-state index in [1.165, 1.54) is 9.80 Å². The van der Waals surface area contributed by atoms with E-state index in [0.29, 0.717) is 11.4 Å². The molecular weight excluding hydrogens is 456 g/mol. The molecule has 1 aliphatic rings. The van der Waals surface area contributed by atoms with Crippen LogP contribution >= 0.6 is 0 Å². The van der Waals surface area contributed by atoms with Crippen LogP contribution in [0.5, 0.6) is 0 Å². The van der Waals surface area contributed by atoms with Crippen molar-refractivity contribution < 1.29 is 19.2 Å². The van der Waals surface area contributed by atoms with Crippen LogP contribution in [-0.2, 0) is 20.9 Å². The molecule has 0 aromatic heterocycles. The minimum Gasteiger partial charge on any atom is -0.378 e. The van der Waals surface area contributed by atoms with Gasteiger partial charge in [0.25, 0.3) is 11.7 Å². The molecule has 0 spiro atoms. The molecule has 8 heteroatoms. The van der Waals surface area contributed by atoms with E-state index in [0.717, 1.165) is 11.3 Å². The zero-order valence-electron chi connectivity index (χ0n) is 20.5. The number of ketones is 1. The number of Topliss-reactive ketones (excluding diaryl/α,β-unsaturated/α-hetero) is 1. The lowest BCUT2D eigenvalue weighted by Crippen LogP contribution is -2.49. The second-order valence-corrected chi connectivity index (χ2v) is 8.85. The summed E-state index contributed by atoms with van der Waals surface area (Å²) in [5.41, 5.74) is 3.12. The number of hydrogen-bond acceptors (Lipinski definition) is 5. The van der Waals surface area contributed by atoms with Gasteiger partial charge in [0.2, 0.25) is 11.8 Å². The first-order valence-corrected chi connectivity index (χ1v) is 11.6. The molecular formula is C28H28N4O4. The molecule has 1 N–H and O–H groups in total. The minimum absolute atomic E-state index is 0.172. The van der Waals surface area contributed by atoms with Gasteiger partial charge in [-0.05, 0) is 48.9 Å². The van der Waals surface area contributed by atoms with Crippen LogP contribution in [0.25, 0.3) is 0 Å². The number of nitrogens with zero attached hydrogens (tertiary/aromatic N) is 3. The maximum atomic E-state index is 13.5. The molecule has 1 atom stereocenters. The number of benzene rings is 3. The van der Waals surface area contributed by atoms with Crippen LogP contribution in [0.2, 0.25) is 0 Å². The number of fused-ring (bicyclic) bond motifs is 1. The molecule has 184 valence electrons. The van der Waals surface area contributed by atoms with E-state index in [-0.39, 0.29) is 24.6 Å². The first-order chi connectivity index (χ1) is 17.3. The van der Waals surface area contributed by atoms with Gasteiger partial charge in [-0.15, -0.1) is 0 Å². The molecule has 0 aliphatic carbocycles. The molecule has 8 nitrogen and oxygen atoms in total. The van der Waals surface area contributed by atoms with Crippen LogP contribution in [0.15, 0.2) is 78.9 Å². The van der Waals surface area contributed by atoms with E-state index in [2.05, 4.69) is 5.32 Å². The minimum atomic E-state index is -0.838. The molecule has 3 aromatic rings. The third kappa shape index (κ3) is 5.12. The summed E-state index contributed by atoms with van der Waals surface area (Å²) in [7, 11) is 3.86. The summed E-state index contributed by atoms with van der Waals surface area (Å²) in [6.07, 6.45) is 0. The van der Waals surface area contributed by atoms with Crippen LogP contribution in [0.4, 0.5) is 17.1 Å². The molecule has 1 unspecified atom stereocenters. The van der Waals surface area contributed by atoms with Gasteiger partial charge in [0.15, 0.2) is 0 Å². The van der Waals surface area contributed by atoms with Crippen molar-refractivity contribution in [1.29, 1.82) is 0 Å². The number of carbonyl (C=O) groups is 4. The van der Waals surface area contributed by atoms with Crippen molar-refractivity contribution in [3.8, 4) is 0 Å². The fraction of sp³-hybridized carbons (Fsp3) is 0.214. The monoisotopic (exact) mass is 484 g/mol. The first-order valence-electron chi connectivity index (χ1n) is 11.6. The Morgan fingerprint density at radius 3 is 2.19 bits per heavy atom. The highest BCUT2D eigenvalue weighted by molar-refractivity contribution is 6.52. The van der Waals surface area contributed by atoms with Gasteiger partial charge in [-0.3, -0.25) is 24.1 Å². The van der Waals surface area contributed by atoms with Gasteiger partial charge in [0, 0.05) is 32.0 Å². The number of amides is 3. The summed E-state index contributed by atoms with van der Waals surface area (Å²) in [6, 6.07) is 22.4. The van der Waals surface area contributed by atoms with Crippen molar-refractivity contribution in [3.63, 3.8) is 0 Å². The van der Waals surface area contributed by atoms with E-state index >= 15 is 0 Å². The molecule has 0 fully saturated rings.